The smallest absolute Gasteiger partial charge is 0.0594 e. The lowest BCUT2D eigenvalue weighted by molar-refractivity contribution is 0.0380. The lowest BCUT2D eigenvalue weighted by Gasteiger charge is -2.28. The second-order valence-corrected chi connectivity index (χ2v) is 4.80. The van der Waals surface area contributed by atoms with Gasteiger partial charge in [0.1, 0.15) is 0 Å². The number of ether oxygens (including phenoxy) is 1. The van der Waals surface area contributed by atoms with Gasteiger partial charge in [0, 0.05) is 38.8 Å². The van der Waals surface area contributed by atoms with Crippen molar-refractivity contribution >= 4 is 0 Å². The van der Waals surface area contributed by atoms with Crippen LogP contribution in [-0.4, -0.2) is 74.9 Å². The molecule has 0 aromatic carbocycles. The molecule has 0 aliphatic carbocycles. The molecule has 0 saturated carbocycles. The van der Waals surface area contributed by atoms with E-state index in [2.05, 4.69) is 35.9 Å². The van der Waals surface area contributed by atoms with Crippen molar-refractivity contribution in [1.82, 2.24) is 15.1 Å². The van der Waals surface area contributed by atoms with Crippen molar-refractivity contribution < 1.29 is 4.74 Å². The molecule has 4 nitrogen and oxygen atoms in total. The molecule has 1 rings (SSSR count). The van der Waals surface area contributed by atoms with E-state index < -0.39 is 0 Å². The predicted molar refractivity (Wildman–Crippen MR) is 72.5 cm³/mol. The number of nitrogens with one attached hydrogen (secondary N) is 1. The monoisotopic (exact) mass is 243 g/mol. The van der Waals surface area contributed by atoms with Gasteiger partial charge in [0.25, 0.3) is 0 Å². The summed E-state index contributed by atoms with van der Waals surface area (Å²) in [5.74, 6) is 0. The van der Waals surface area contributed by atoms with Crippen molar-refractivity contribution in [2.24, 2.45) is 0 Å². The van der Waals surface area contributed by atoms with Crippen molar-refractivity contribution in [3.05, 3.63) is 0 Å². The molecule has 1 aliphatic rings. The van der Waals surface area contributed by atoms with Gasteiger partial charge in [0.2, 0.25) is 0 Å². The summed E-state index contributed by atoms with van der Waals surface area (Å²) in [7, 11) is 0. The Morgan fingerprint density at radius 3 is 2.47 bits per heavy atom. The second kappa shape index (κ2) is 8.86. The van der Waals surface area contributed by atoms with E-state index >= 15 is 0 Å². The van der Waals surface area contributed by atoms with Crippen LogP contribution in [-0.2, 0) is 4.74 Å². The summed E-state index contributed by atoms with van der Waals surface area (Å²) in [4.78, 5) is 4.94. The normalized spacial score (nSPS) is 19.8. The Bertz CT molecular complexity index is 180. The Hall–Kier alpha value is -0.160. The number of morpholine rings is 1. The summed E-state index contributed by atoms with van der Waals surface area (Å²) in [6, 6.07) is 0.580. The van der Waals surface area contributed by atoms with Gasteiger partial charge < -0.3 is 15.0 Å². The third-order valence-corrected chi connectivity index (χ3v) is 3.45. The van der Waals surface area contributed by atoms with Gasteiger partial charge in [-0.15, -0.1) is 0 Å². The fourth-order valence-corrected chi connectivity index (χ4v) is 2.23. The molecule has 1 atom stereocenters. The first-order chi connectivity index (χ1) is 8.26. The molecule has 1 heterocycles. The molecular formula is C13H29N3O. The minimum Gasteiger partial charge on any atom is -0.379 e. The quantitative estimate of drug-likeness (QED) is 0.677. The second-order valence-electron chi connectivity index (χ2n) is 4.80. The maximum atomic E-state index is 5.34. The summed E-state index contributed by atoms with van der Waals surface area (Å²) in [5, 5.41) is 3.60. The first-order valence-corrected chi connectivity index (χ1v) is 7.02. The number of hydrogen-bond acceptors (Lipinski definition) is 4. The van der Waals surface area contributed by atoms with Gasteiger partial charge in [0.05, 0.1) is 13.2 Å². The van der Waals surface area contributed by atoms with Gasteiger partial charge in [-0.25, -0.2) is 0 Å². The zero-order valence-electron chi connectivity index (χ0n) is 11.7. The van der Waals surface area contributed by atoms with Crippen LogP contribution < -0.4 is 5.32 Å². The molecular weight excluding hydrogens is 214 g/mol. The fraction of sp³-hybridized carbons (Fsp3) is 1.00. The van der Waals surface area contributed by atoms with Gasteiger partial charge in [-0.1, -0.05) is 13.8 Å². The van der Waals surface area contributed by atoms with Crippen LogP contribution in [0.5, 0.6) is 0 Å². The van der Waals surface area contributed by atoms with E-state index in [1.54, 1.807) is 0 Å². The predicted octanol–water partition coefficient (Wildman–Crippen LogP) is 0.639. The molecule has 1 unspecified atom stereocenters. The van der Waals surface area contributed by atoms with E-state index in [1.807, 2.05) is 0 Å². The molecule has 1 N–H and O–H groups in total. The SMILES string of the molecule is CCN(CC)CC(C)NCCN1CCOCC1. The van der Waals surface area contributed by atoms with Crippen LogP contribution in [0.4, 0.5) is 0 Å². The maximum Gasteiger partial charge on any atom is 0.0594 e. The standard InChI is InChI=1S/C13H29N3O/c1-4-15(5-2)12-13(3)14-6-7-16-8-10-17-11-9-16/h13-14H,4-12H2,1-3H3. The Balaban J connectivity index is 2.04. The minimum atomic E-state index is 0.580. The Morgan fingerprint density at radius 1 is 1.24 bits per heavy atom. The zero-order valence-corrected chi connectivity index (χ0v) is 11.7. The van der Waals surface area contributed by atoms with Crippen molar-refractivity contribution in [2.75, 3.05) is 59.0 Å². The average molecular weight is 243 g/mol. The molecule has 0 aromatic heterocycles. The van der Waals surface area contributed by atoms with E-state index in [-0.39, 0.29) is 0 Å². The highest BCUT2D eigenvalue weighted by atomic mass is 16.5. The van der Waals surface area contributed by atoms with Gasteiger partial charge >= 0.3 is 0 Å². The van der Waals surface area contributed by atoms with Crippen LogP contribution in [0, 0.1) is 0 Å². The number of rotatable bonds is 8. The van der Waals surface area contributed by atoms with Crippen LogP contribution in [0.1, 0.15) is 20.8 Å². The van der Waals surface area contributed by atoms with E-state index in [0.717, 1.165) is 59.0 Å². The van der Waals surface area contributed by atoms with Gasteiger partial charge in [0.15, 0.2) is 0 Å². The molecule has 1 fully saturated rings. The average Bonchev–Trinajstić information content (AvgIpc) is 2.37. The molecule has 0 aromatic rings. The lowest BCUT2D eigenvalue weighted by atomic mass is 10.3. The number of hydrogen-bond donors (Lipinski definition) is 1. The molecule has 1 saturated heterocycles. The molecule has 4 heteroatoms. The van der Waals surface area contributed by atoms with E-state index in [1.165, 1.54) is 0 Å². The minimum absolute atomic E-state index is 0.580. The van der Waals surface area contributed by atoms with Crippen molar-refractivity contribution in [3.8, 4) is 0 Å². The van der Waals surface area contributed by atoms with Gasteiger partial charge in [-0.2, -0.15) is 0 Å². The van der Waals surface area contributed by atoms with Gasteiger partial charge in [-0.3, -0.25) is 4.90 Å². The number of nitrogens with zero attached hydrogens (tertiary/aromatic N) is 2. The third kappa shape index (κ3) is 6.36. The highest BCUT2D eigenvalue weighted by Crippen LogP contribution is 1.96. The van der Waals surface area contributed by atoms with Crippen molar-refractivity contribution in [2.45, 2.75) is 26.8 Å². The highest BCUT2D eigenvalue weighted by Gasteiger charge is 2.10. The molecule has 1 aliphatic heterocycles. The van der Waals surface area contributed by atoms with Crippen LogP contribution in [0.25, 0.3) is 0 Å². The Kier molecular flexibility index (Phi) is 7.77. The summed E-state index contributed by atoms with van der Waals surface area (Å²) in [6.45, 7) is 16.4. The summed E-state index contributed by atoms with van der Waals surface area (Å²) in [5.41, 5.74) is 0. The molecule has 0 spiro atoms. The fourth-order valence-electron chi connectivity index (χ4n) is 2.23. The molecule has 17 heavy (non-hydrogen) atoms. The van der Waals surface area contributed by atoms with E-state index in [4.69, 9.17) is 4.74 Å². The summed E-state index contributed by atoms with van der Waals surface area (Å²) >= 11 is 0. The Labute approximate surface area is 106 Å². The van der Waals surface area contributed by atoms with E-state index in [0.29, 0.717) is 6.04 Å². The van der Waals surface area contributed by atoms with E-state index in [9.17, 15) is 0 Å². The molecule has 0 amide bonds. The van der Waals surface area contributed by atoms with Crippen LogP contribution in [0.2, 0.25) is 0 Å². The largest absolute Gasteiger partial charge is 0.379 e. The summed E-state index contributed by atoms with van der Waals surface area (Å²) < 4.78 is 5.34. The third-order valence-electron chi connectivity index (χ3n) is 3.45. The van der Waals surface area contributed by atoms with Crippen molar-refractivity contribution in [3.63, 3.8) is 0 Å². The molecule has 102 valence electrons. The van der Waals surface area contributed by atoms with Crippen LogP contribution in [0.15, 0.2) is 0 Å². The van der Waals surface area contributed by atoms with Crippen LogP contribution >= 0.6 is 0 Å². The van der Waals surface area contributed by atoms with Crippen LogP contribution in [0.3, 0.4) is 0 Å². The molecule has 0 bridgehead atoms. The summed E-state index contributed by atoms with van der Waals surface area (Å²) in [6.07, 6.45) is 0. The maximum absolute atomic E-state index is 5.34. The lowest BCUT2D eigenvalue weighted by Crippen LogP contribution is -2.44. The zero-order chi connectivity index (χ0) is 12.5. The topological polar surface area (TPSA) is 27.7 Å². The first kappa shape index (κ1) is 14.9. The molecule has 0 radical (unpaired) electrons. The van der Waals surface area contributed by atoms with Crippen molar-refractivity contribution in [1.29, 1.82) is 0 Å². The number of likely N-dealkylation sites (N-methyl/N-ethyl adjacent to an activating group) is 1. The Morgan fingerprint density at radius 2 is 1.88 bits per heavy atom. The first-order valence-electron chi connectivity index (χ1n) is 7.02. The van der Waals surface area contributed by atoms with Gasteiger partial charge in [-0.05, 0) is 20.0 Å². The highest BCUT2D eigenvalue weighted by molar-refractivity contribution is 4.69.